The summed E-state index contributed by atoms with van der Waals surface area (Å²) in [7, 11) is 0. The second kappa shape index (κ2) is 20.0. The van der Waals surface area contributed by atoms with Gasteiger partial charge in [0, 0.05) is 13.2 Å². The molecule has 0 heterocycles. The van der Waals surface area contributed by atoms with Crippen molar-refractivity contribution in [1.82, 2.24) is 0 Å². The largest absolute Gasteiger partial charge is 0.394 e. The van der Waals surface area contributed by atoms with Gasteiger partial charge in [-0.15, -0.1) is 0 Å². The molecule has 0 fully saturated rings. The van der Waals surface area contributed by atoms with Gasteiger partial charge in [0.05, 0.1) is 13.2 Å². The summed E-state index contributed by atoms with van der Waals surface area (Å²) in [6.45, 7) is 10.1. The van der Waals surface area contributed by atoms with Crippen molar-refractivity contribution in [2.75, 3.05) is 39.6 Å². The minimum absolute atomic E-state index is 0.108. The van der Waals surface area contributed by atoms with E-state index in [-0.39, 0.29) is 26.4 Å². The summed E-state index contributed by atoms with van der Waals surface area (Å²) < 4.78 is 11.5. The molecular weight excluding hydrogens is 360 g/mol. The number of aliphatic hydroxyl groups is 2. The van der Waals surface area contributed by atoms with E-state index in [1.165, 1.54) is 25.7 Å². The van der Waals surface area contributed by atoms with Gasteiger partial charge in [0.1, 0.15) is 25.4 Å². The summed E-state index contributed by atoms with van der Waals surface area (Å²) in [5, 5.41) is 18.9. The van der Waals surface area contributed by atoms with E-state index in [4.69, 9.17) is 19.2 Å². The lowest BCUT2D eigenvalue weighted by Crippen LogP contribution is -2.30. The third-order valence-electron chi connectivity index (χ3n) is 5.22. The van der Waals surface area contributed by atoms with Crippen LogP contribution in [0.2, 0.25) is 0 Å². The molecule has 0 aliphatic heterocycles. The molecule has 4 atom stereocenters. The van der Waals surface area contributed by atoms with E-state index >= 15 is 0 Å². The molecule has 0 bridgehead atoms. The van der Waals surface area contributed by atoms with Gasteiger partial charge in [-0.2, -0.15) is 0 Å². The molecule has 0 aromatic carbocycles. The van der Waals surface area contributed by atoms with Crippen molar-refractivity contribution in [2.45, 2.75) is 91.3 Å². The maximum Gasteiger partial charge on any atom is 0.111 e. The first-order chi connectivity index (χ1) is 13.6. The molecule has 0 aromatic rings. The van der Waals surface area contributed by atoms with Crippen molar-refractivity contribution in [3.05, 3.63) is 0 Å². The molecule has 0 aliphatic rings. The van der Waals surface area contributed by atoms with Gasteiger partial charge in [0.2, 0.25) is 0 Å². The molecule has 28 heavy (non-hydrogen) atoms. The number of hydrogen-bond acceptors (Lipinski definition) is 6. The molecule has 0 saturated carbocycles. The van der Waals surface area contributed by atoms with Crippen LogP contribution in [-0.2, 0) is 19.2 Å². The van der Waals surface area contributed by atoms with E-state index in [2.05, 4.69) is 27.7 Å². The Labute approximate surface area is 172 Å². The van der Waals surface area contributed by atoms with E-state index in [9.17, 15) is 10.2 Å². The molecule has 0 amide bonds. The lowest BCUT2D eigenvalue weighted by molar-refractivity contribution is -0.321. The Morgan fingerprint density at radius 2 is 1.00 bits per heavy atom. The lowest BCUT2D eigenvalue weighted by Gasteiger charge is -2.21. The molecule has 0 rings (SSSR count). The Kier molecular flexibility index (Phi) is 19.9. The summed E-state index contributed by atoms with van der Waals surface area (Å²) >= 11 is 0. The number of hydrogen-bond donors (Lipinski definition) is 2. The number of rotatable bonds is 21. The maximum absolute atomic E-state index is 9.46. The van der Waals surface area contributed by atoms with Crippen molar-refractivity contribution in [3.8, 4) is 0 Å². The second-order valence-electron chi connectivity index (χ2n) is 7.68. The van der Waals surface area contributed by atoms with Crippen LogP contribution < -0.4 is 0 Å². The standard InChI is InChI=1S/C22H46O6/c1-5-9-11-19(7-3)15-25-21(13-23)17-27-28-18-22(14-24)26-16-20(8-4)12-10-6-2/h19-24H,5-18H2,1-4H3. The van der Waals surface area contributed by atoms with Crippen molar-refractivity contribution in [3.63, 3.8) is 0 Å². The predicted octanol–water partition coefficient (Wildman–Crippen LogP) is 4.12. The molecule has 4 unspecified atom stereocenters. The smallest absolute Gasteiger partial charge is 0.111 e. The molecule has 6 heteroatoms. The van der Waals surface area contributed by atoms with Crippen LogP contribution in [0.1, 0.15) is 79.1 Å². The Hall–Kier alpha value is -0.240. The molecule has 170 valence electrons. The molecule has 0 spiro atoms. The Balaban J connectivity index is 3.99. The molecule has 0 saturated heterocycles. The van der Waals surface area contributed by atoms with Gasteiger partial charge in [0.25, 0.3) is 0 Å². The highest BCUT2D eigenvalue weighted by atomic mass is 17.2. The normalized spacial score (nSPS) is 16.1. The molecule has 0 radical (unpaired) electrons. The van der Waals surface area contributed by atoms with Gasteiger partial charge < -0.3 is 19.7 Å². The quantitative estimate of drug-likeness (QED) is 0.170. The fourth-order valence-electron chi connectivity index (χ4n) is 2.90. The molecule has 6 nitrogen and oxygen atoms in total. The van der Waals surface area contributed by atoms with Gasteiger partial charge >= 0.3 is 0 Å². The van der Waals surface area contributed by atoms with E-state index in [0.717, 1.165) is 25.7 Å². The van der Waals surface area contributed by atoms with Gasteiger partial charge in [-0.3, -0.25) is 0 Å². The SMILES string of the molecule is CCCCC(CC)COC(CO)COOCC(CO)OCC(CC)CCCC. The van der Waals surface area contributed by atoms with Gasteiger partial charge in [-0.25, -0.2) is 9.78 Å². The van der Waals surface area contributed by atoms with Crippen molar-refractivity contribution >= 4 is 0 Å². The Morgan fingerprint density at radius 3 is 1.29 bits per heavy atom. The summed E-state index contributed by atoms with van der Waals surface area (Å²) in [6.07, 6.45) is 8.40. The predicted molar refractivity (Wildman–Crippen MR) is 112 cm³/mol. The first-order valence-electron chi connectivity index (χ1n) is 11.3. The van der Waals surface area contributed by atoms with Crippen molar-refractivity contribution in [1.29, 1.82) is 0 Å². The van der Waals surface area contributed by atoms with Crippen molar-refractivity contribution < 1.29 is 29.5 Å². The molecule has 2 N–H and O–H groups in total. The summed E-state index contributed by atoms with van der Waals surface area (Å²) in [5.41, 5.74) is 0. The lowest BCUT2D eigenvalue weighted by atomic mass is 10.0. The Bertz CT molecular complexity index is 285. The monoisotopic (exact) mass is 406 g/mol. The fourth-order valence-corrected chi connectivity index (χ4v) is 2.90. The zero-order valence-corrected chi connectivity index (χ0v) is 18.7. The van der Waals surface area contributed by atoms with Gasteiger partial charge in [-0.1, -0.05) is 66.2 Å². The van der Waals surface area contributed by atoms with E-state index < -0.39 is 12.2 Å². The number of ether oxygens (including phenoxy) is 2. The van der Waals surface area contributed by atoms with E-state index in [1.54, 1.807) is 0 Å². The Morgan fingerprint density at radius 1 is 0.607 bits per heavy atom. The highest BCUT2D eigenvalue weighted by molar-refractivity contribution is 4.61. The maximum atomic E-state index is 9.46. The van der Waals surface area contributed by atoms with E-state index in [1.807, 2.05) is 0 Å². The van der Waals surface area contributed by atoms with Crippen LogP contribution in [0.15, 0.2) is 0 Å². The average Bonchev–Trinajstić information content (AvgIpc) is 2.73. The number of aliphatic hydroxyl groups excluding tert-OH is 2. The van der Waals surface area contributed by atoms with Crippen LogP contribution >= 0.6 is 0 Å². The van der Waals surface area contributed by atoms with Crippen LogP contribution in [0.25, 0.3) is 0 Å². The zero-order chi connectivity index (χ0) is 21.0. The zero-order valence-electron chi connectivity index (χ0n) is 18.7. The third-order valence-corrected chi connectivity index (χ3v) is 5.22. The average molecular weight is 407 g/mol. The molecular formula is C22H46O6. The summed E-state index contributed by atoms with van der Waals surface area (Å²) in [5.74, 6) is 1.03. The summed E-state index contributed by atoms with van der Waals surface area (Å²) in [6, 6.07) is 0. The highest BCUT2D eigenvalue weighted by Crippen LogP contribution is 2.15. The highest BCUT2D eigenvalue weighted by Gasteiger charge is 2.15. The van der Waals surface area contributed by atoms with Gasteiger partial charge in [0.15, 0.2) is 0 Å². The second-order valence-corrected chi connectivity index (χ2v) is 7.68. The minimum atomic E-state index is -0.400. The minimum Gasteiger partial charge on any atom is -0.394 e. The molecule has 0 aromatic heterocycles. The van der Waals surface area contributed by atoms with Crippen LogP contribution in [0, 0.1) is 11.8 Å². The molecule has 0 aliphatic carbocycles. The fraction of sp³-hybridized carbons (Fsp3) is 1.00. The first-order valence-corrected chi connectivity index (χ1v) is 11.3. The van der Waals surface area contributed by atoms with Crippen molar-refractivity contribution in [2.24, 2.45) is 11.8 Å². The van der Waals surface area contributed by atoms with Crippen LogP contribution in [0.3, 0.4) is 0 Å². The number of unbranched alkanes of at least 4 members (excludes halogenated alkanes) is 2. The van der Waals surface area contributed by atoms with E-state index in [0.29, 0.717) is 25.0 Å². The van der Waals surface area contributed by atoms with Crippen LogP contribution in [-0.4, -0.2) is 62.1 Å². The topological polar surface area (TPSA) is 77.4 Å². The summed E-state index contributed by atoms with van der Waals surface area (Å²) in [4.78, 5) is 10.4. The van der Waals surface area contributed by atoms with Crippen LogP contribution in [0.5, 0.6) is 0 Å². The van der Waals surface area contributed by atoms with Crippen LogP contribution in [0.4, 0.5) is 0 Å². The first kappa shape index (κ1) is 27.8. The van der Waals surface area contributed by atoms with Gasteiger partial charge in [-0.05, 0) is 24.7 Å². The third kappa shape index (κ3) is 14.7.